The molecule has 0 saturated heterocycles. The van der Waals surface area contributed by atoms with Crippen molar-refractivity contribution in [2.24, 2.45) is 13.0 Å². The maximum Gasteiger partial charge on any atom is 0.220 e. The number of benzene rings is 2. The summed E-state index contributed by atoms with van der Waals surface area (Å²) >= 11 is 0. The van der Waals surface area contributed by atoms with Gasteiger partial charge in [0.2, 0.25) is 5.69 Å². The van der Waals surface area contributed by atoms with Crippen LogP contribution in [0.2, 0.25) is 0 Å². The van der Waals surface area contributed by atoms with Crippen LogP contribution in [0, 0.1) is 26.7 Å². The van der Waals surface area contributed by atoms with Gasteiger partial charge in [0.15, 0.2) is 6.20 Å². The SMILES string of the molecule is Cc1cc2cc[n+](C)c3c2cc1C1CCCCC1CCCc1cc(C)c(C)c-3c1. The topological polar surface area (TPSA) is 3.88 Å². The van der Waals surface area contributed by atoms with Crippen LogP contribution in [0.15, 0.2) is 36.5 Å². The number of hydrogen-bond donors (Lipinski definition) is 0. The Morgan fingerprint density at radius 1 is 0.862 bits per heavy atom. The van der Waals surface area contributed by atoms with Crippen LogP contribution in [0.4, 0.5) is 0 Å². The molecule has 1 heterocycles. The molecule has 5 rings (SSSR count). The van der Waals surface area contributed by atoms with Gasteiger partial charge in [-0.2, -0.15) is 0 Å². The lowest BCUT2D eigenvalue weighted by Gasteiger charge is -2.33. The maximum absolute atomic E-state index is 2.58. The van der Waals surface area contributed by atoms with Crippen LogP contribution in [-0.2, 0) is 13.5 Å². The van der Waals surface area contributed by atoms with E-state index in [4.69, 9.17) is 0 Å². The number of aromatic nitrogens is 1. The van der Waals surface area contributed by atoms with E-state index in [1.54, 1.807) is 5.56 Å². The van der Waals surface area contributed by atoms with Crippen molar-refractivity contribution in [1.29, 1.82) is 0 Å². The molecular formula is C28H34N+. The number of rotatable bonds is 0. The summed E-state index contributed by atoms with van der Waals surface area (Å²) in [4.78, 5) is 0. The third-order valence-electron chi connectivity index (χ3n) is 7.85. The summed E-state index contributed by atoms with van der Waals surface area (Å²) in [7, 11) is 2.21. The van der Waals surface area contributed by atoms with Crippen molar-refractivity contribution in [3.05, 3.63) is 64.3 Å². The second-order valence-electron chi connectivity index (χ2n) is 9.70. The van der Waals surface area contributed by atoms with Crippen LogP contribution < -0.4 is 4.57 Å². The highest BCUT2D eigenvalue weighted by molar-refractivity contribution is 5.95. The van der Waals surface area contributed by atoms with E-state index in [2.05, 4.69) is 68.9 Å². The minimum absolute atomic E-state index is 0.743. The Morgan fingerprint density at radius 3 is 2.52 bits per heavy atom. The fourth-order valence-corrected chi connectivity index (χ4v) is 6.14. The molecule has 2 atom stereocenters. The lowest BCUT2D eigenvalue weighted by atomic mass is 9.71. The lowest BCUT2D eigenvalue weighted by molar-refractivity contribution is -0.659. The van der Waals surface area contributed by atoms with E-state index >= 15 is 0 Å². The van der Waals surface area contributed by atoms with Crippen molar-refractivity contribution in [1.82, 2.24) is 0 Å². The fraction of sp³-hybridized carbons (Fsp3) is 0.464. The van der Waals surface area contributed by atoms with Crippen molar-refractivity contribution in [2.75, 3.05) is 0 Å². The summed E-state index contributed by atoms with van der Waals surface area (Å²) < 4.78 is 2.34. The van der Waals surface area contributed by atoms with Gasteiger partial charge in [-0.1, -0.05) is 25.0 Å². The van der Waals surface area contributed by atoms with Crippen LogP contribution in [0.1, 0.15) is 72.3 Å². The van der Waals surface area contributed by atoms with Crippen LogP contribution in [0.5, 0.6) is 0 Å². The molecule has 1 nitrogen and oxygen atoms in total. The van der Waals surface area contributed by atoms with Gasteiger partial charge in [-0.3, -0.25) is 0 Å². The van der Waals surface area contributed by atoms with Gasteiger partial charge < -0.3 is 0 Å². The second-order valence-corrected chi connectivity index (χ2v) is 9.70. The van der Waals surface area contributed by atoms with E-state index in [0.29, 0.717) is 0 Å². The molecular weight excluding hydrogens is 350 g/mol. The van der Waals surface area contributed by atoms with E-state index in [1.165, 1.54) is 89.2 Å². The standard InChI is InChI=1S/C28H34N/c1-18-14-21-8-7-10-22-9-5-6-11-24(22)25-17-27-23(15-19(25)2)12-13-29(4)28(27)26(16-21)20(18)3/h12-17,22,24H,5-11H2,1-4H3/q+1. The first-order valence-corrected chi connectivity index (χ1v) is 11.6. The highest BCUT2D eigenvalue weighted by Gasteiger charge is 2.29. The zero-order valence-electron chi connectivity index (χ0n) is 18.5. The normalized spacial score (nSPS) is 21.5. The Labute approximate surface area is 175 Å². The van der Waals surface area contributed by atoms with Gasteiger partial charge in [-0.25, -0.2) is 4.57 Å². The van der Waals surface area contributed by atoms with Gasteiger partial charge in [-0.05, 0) is 110 Å². The first-order valence-electron chi connectivity index (χ1n) is 11.6. The molecule has 29 heavy (non-hydrogen) atoms. The van der Waals surface area contributed by atoms with Crippen LogP contribution in [0.3, 0.4) is 0 Å². The van der Waals surface area contributed by atoms with E-state index in [0.717, 1.165) is 11.8 Å². The summed E-state index contributed by atoms with van der Waals surface area (Å²) in [5.41, 5.74) is 10.3. The molecule has 3 aromatic rings. The second kappa shape index (κ2) is 7.27. The first kappa shape index (κ1) is 18.9. The van der Waals surface area contributed by atoms with Crippen molar-refractivity contribution < 1.29 is 4.57 Å². The molecule has 4 bridgehead atoms. The molecule has 2 aromatic carbocycles. The minimum Gasteiger partial charge on any atom is -0.200 e. The van der Waals surface area contributed by atoms with Gasteiger partial charge in [0.1, 0.15) is 7.05 Å². The van der Waals surface area contributed by atoms with E-state index < -0.39 is 0 Å². The Hall–Kier alpha value is -2.15. The monoisotopic (exact) mass is 384 g/mol. The molecule has 2 unspecified atom stereocenters. The number of fused-ring (bicyclic) bond motifs is 6. The minimum atomic E-state index is 0.743. The molecule has 1 fully saturated rings. The Balaban J connectivity index is 1.85. The summed E-state index contributed by atoms with van der Waals surface area (Å²) in [6.45, 7) is 6.92. The number of aryl methyl sites for hydroxylation is 4. The molecule has 2 aliphatic carbocycles. The van der Waals surface area contributed by atoms with E-state index in [9.17, 15) is 0 Å². The number of hydrogen-bond acceptors (Lipinski definition) is 0. The highest BCUT2D eigenvalue weighted by Crippen LogP contribution is 2.44. The van der Waals surface area contributed by atoms with Crippen LogP contribution in [-0.4, -0.2) is 0 Å². The van der Waals surface area contributed by atoms with Crippen molar-refractivity contribution in [3.8, 4) is 11.3 Å². The first-order chi connectivity index (χ1) is 14.0. The molecule has 0 amide bonds. The zero-order valence-corrected chi connectivity index (χ0v) is 18.5. The molecule has 1 saturated carbocycles. The summed E-state index contributed by atoms with van der Waals surface area (Å²) in [6.07, 6.45) is 11.7. The van der Waals surface area contributed by atoms with Crippen LogP contribution in [0.25, 0.3) is 22.0 Å². The maximum atomic E-state index is 2.58. The Morgan fingerprint density at radius 2 is 1.66 bits per heavy atom. The van der Waals surface area contributed by atoms with E-state index in [1.807, 2.05) is 0 Å². The summed E-state index contributed by atoms with van der Waals surface area (Å²) in [6, 6.07) is 12.2. The van der Waals surface area contributed by atoms with E-state index in [-0.39, 0.29) is 0 Å². The largest absolute Gasteiger partial charge is 0.220 e. The number of pyridine rings is 1. The molecule has 0 N–H and O–H groups in total. The quantitative estimate of drug-likeness (QED) is 0.372. The van der Waals surface area contributed by atoms with Crippen molar-refractivity contribution in [3.63, 3.8) is 0 Å². The van der Waals surface area contributed by atoms with Gasteiger partial charge in [0.05, 0.1) is 10.9 Å². The summed E-state index contributed by atoms with van der Waals surface area (Å²) in [5, 5.41) is 2.81. The molecule has 2 aliphatic rings. The molecule has 0 aliphatic heterocycles. The van der Waals surface area contributed by atoms with Gasteiger partial charge in [0, 0.05) is 6.07 Å². The Bertz CT molecular complexity index is 1090. The molecule has 1 aromatic heterocycles. The highest BCUT2D eigenvalue weighted by atomic mass is 14.9. The molecule has 0 radical (unpaired) electrons. The van der Waals surface area contributed by atoms with Crippen molar-refractivity contribution in [2.45, 2.75) is 71.6 Å². The number of nitrogens with zero attached hydrogens (tertiary/aromatic N) is 1. The third-order valence-corrected chi connectivity index (χ3v) is 7.85. The average molecular weight is 385 g/mol. The fourth-order valence-electron chi connectivity index (χ4n) is 6.14. The molecule has 150 valence electrons. The molecule has 1 heteroatoms. The predicted octanol–water partition coefficient (Wildman–Crippen LogP) is 6.87. The zero-order chi connectivity index (χ0) is 20.1. The Kier molecular flexibility index (Phi) is 4.73. The lowest BCUT2D eigenvalue weighted by Crippen LogP contribution is -2.31. The van der Waals surface area contributed by atoms with Gasteiger partial charge in [0.25, 0.3) is 0 Å². The van der Waals surface area contributed by atoms with Gasteiger partial charge in [-0.15, -0.1) is 0 Å². The van der Waals surface area contributed by atoms with Crippen molar-refractivity contribution >= 4 is 10.8 Å². The predicted molar refractivity (Wildman–Crippen MR) is 122 cm³/mol. The summed E-state index contributed by atoms with van der Waals surface area (Å²) in [5.74, 6) is 1.60. The average Bonchev–Trinajstić information content (AvgIpc) is 2.70. The smallest absolute Gasteiger partial charge is 0.200 e. The van der Waals surface area contributed by atoms with Crippen LogP contribution >= 0.6 is 0 Å². The third kappa shape index (κ3) is 3.19. The van der Waals surface area contributed by atoms with Gasteiger partial charge >= 0.3 is 0 Å². The molecule has 0 spiro atoms.